The molecule has 2 atom stereocenters. The minimum absolute atomic E-state index is 0.447. The van der Waals surface area contributed by atoms with Crippen molar-refractivity contribution < 1.29 is 4.42 Å². The minimum atomic E-state index is 0.447. The van der Waals surface area contributed by atoms with Gasteiger partial charge in [-0.15, -0.1) is 0 Å². The molecule has 1 heterocycles. The number of benzene rings is 1. The predicted octanol–water partition coefficient (Wildman–Crippen LogP) is 4.17. The summed E-state index contributed by atoms with van der Waals surface area (Å²) in [6.45, 7) is 7.82. The van der Waals surface area contributed by atoms with E-state index in [0.29, 0.717) is 12.0 Å². The van der Waals surface area contributed by atoms with Crippen molar-refractivity contribution in [2.75, 3.05) is 6.54 Å². The number of nitrogens with zero attached hydrogens (tertiary/aromatic N) is 1. The Balaban J connectivity index is 2.08. The molecule has 110 valence electrons. The number of rotatable bonds is 8. The fraction of sp³-hybridized carbons (Fsp3) is 0.588. The second-order valence-corrected chi connectivity index (χ2v) is 5.61. The van der Waals surface area contributed by atoms with Crippen LogP contribution in [0, 0.1) is 5.92 Å². The van der Waals surface area contributed by atoms with Gasteiger partial charge >= 0.3 is 0 Å². The number of hydrogen-bond acceptors (Lipinski definition) is 3. The van der Waals surface area contributed by atoms with E-state index in [9.17, 15) is 0 Å². The van der Waals surface area contributed by atoms with Gasteiger partial charge in [0.15, 0.2) is 11.5 Å². The quantitative estimate of drug-likeness (QED) is 0.785. The highest BCUT2D eigenvalue weighted by atomic mass is 16.3. The third-order valence-electron chi connectivity index (χ3n) is 3.82. The molecular weight excluding hydrogens is 248 g/mol. The largest absolute Gasteiger partial charge is 0.441 e. The van der Waals surface area contributed by atoms with Gasteiger partial charge in [0, 0.05) is 12.5 Å². The summed E-state index contributed by atoms with van der Waals surface area (Å²) in [6.07, 6.45) is 4.49. The van der Waals surface area contributed by atoms with Crippen molar-refractivity contribution in [2.45, 2.75) is 52.5 Å². The van der Waals surface area contributed by atoms with Crippen molar-refractivity contribution >= 4 is 11.1 Å². The molecule has 1 aromatic heterocycles. The zero-order chi connectivity index (χ0) is 14.4. The van der Waals surface area contributed by atoms with E-state index in [1.807, 2.05) is 24.3 Å². The Hall–Kier alpha value is -1.35. The van der Waals surface area contributed by atoms with E-state index in [4.69, 9.17) is 4.42 Å². The van der Waals surface area contributed by atoms with Gasteiger partial charge in [0.05, 0.1) is 0 Å². The van der Waals surface area contributed by atoms with Crippen molar-refractivity contribution in [2.24, 2.45) is 5.92 Å². The molecule has 0 aliphatic carbocycles. The third kappa shape index (κ3) is 3.83. The van der Waals surface area contributed by atoms with Gasteiger partial charge in [-0.1, -0.05) is 39.3 Å². The topological polar surface area (TPSA) is 38.1 Å². The molecule has 0 fully saturated rings. The molecule has 0 aliphatic rings. The summed E-state index contributed by atoms with van der Waals surface area (Å²) < 4.78 is 5.86. The lowest BCUT2D eigenvalue weighted by atomic mass is 9.94. The number of oxazole rings is 1. The number of fused-ring (bicyclic) bond motifs is 1. The molecule has 1 aromatic carbocycles. The van der Waals surface area contributed by atoms with Crippen LogP contribution in [-0.2, 0) is 6.42 Å². The molecular formula is C17H26N2O. The molecule has 3 nitrogen and oxygen atoms in total. The highest BCUT2D eigenvalue weighted by Crippen LogP contribution is 2.19. The second-order valence-electron chi connectivity index (χ2n) is 5.61. The lowest BCUT2D eigenvalue weighted by Crippen LogP contribution is -2.37. The maximum Gasteiger partial charge on any atom is 0.197 e. The zero-order valence-electron chi connectivity index (χ0n) is 12.9. The van der Waals surface area contributed by atoms with Crippen LogP contribution >= 0.6 is 0 Å². The predicted molar refractivity (Wildman–Crippen MR) is 83.9 cm³/mol. The Bertz CT molecular complexity index is 487. The van der Waals surface area contributed by atoms with Crippen LogP contribution < -0.4 is 5.32 Å². The first-order valence-corrected chi connectivity index (χ1v) is 7.82. The summed E-state index contributed by atoms with van der Waals surface area (Å²) in [5, 5.41) is 3.65. The van der Waals surface area contributed by atoms with Gasteiger partial charge in [-0.3, -0.25) is 0 Å². The normalized spacial score (nSPS) is 14.6. The molecule has 20 heavy (non-hydrogen) atoms. The molecule has 0 radical (unpaired) electrons. The number of aromatic nitrogens is 1. The van der Waals surface area contributed by atoms with E-state index in [0.717, 1.165) is 36.4 Å². The van der Waals surface area contributed by atoms with Crippen LogP contribution in [0.5, 0.6) is 0 Å². The van der Waals surface area contributed by atoms with Crippen LogP contribution in [0.3, 0.4) is 0 Å². The molecule has 2 rings (SSSR count). The highest BCUT2D eigenvalue weighted by Gasteiger charge is 2.19. The number of hydrogen-bond donors (Lipinski definition) is 1. The lowest BCUT2D eigenvalue weighted by Gasteiger charge is -2.23. The van der Waals surface area contributed by atoms with Crippen molar-refractivity contribution in [1.82, 2.24) is 10.3 Å². The molecule has 0 saturated carbocycles. The van der Waals surface area contributed by atoms with Gasteiger partial charge in [0.2, 0.25) is 0 Å². The Morgan fingerprint density at radius 2 is 2.00 bits per heavy atom. The van der Waals surface area contributed by atoms with Crippen LogP contribution in [0.1, 0.15) is 45.9 Å². The maximum atomic E-state index is 5.86. The fourth-order valence-electron chi connectivity index (χ4n) is 2.66. The first-order chi connectivity index (χ1) is 9.74. The first-order valence-electron chi connectivity index (χ1n) is 7.82. The smallest absolute Gasteiger partial charge is 0.197 e. The Morgan fingerprint density at radius 1 is 1.20 bits per heavy atom. The molecule has 3 heteroatoms. The summed E-state index contributed by atoms with van der Waals surface area (Å²) in [5.74, 6) is 1.49. The third-order valence-corrected chi connectivity index (χ3v) is 3.82. The average molecular weight is 274 g/mol. The number of nitrogens with one attached hydrogen (secondary N) is 1. The molecule has 0 bridgehead atoms. The monoisotopic (exact) mass is 274 g/mol. The summed E-state index contributed by atoms with van der Waals surface area (Å²) in [5.41, 5.74) is 1.85. The van der Waals surface area contributed by atoms with Crippen LogP contribution in [0.4, 0.5) is 0 Å². The van der Waals surface area contributed by atoms with E-state index in [1.54, 1.807) is 0 Å². The summed E-state index contributed by atoms with van der Waals surface area (Å²) in [6, 6.07) is 8.43. The summed E-state index contributed by atoms with van der Waals surface area (Å²) in [4.78, 5) is 4.60. The van der Waals surface area contributed by atoms with E-state index in [-0.39, 0.29) is 0 Å². The van der Waals surface area contributed by atoms with Gasteiger partial charge in [-0.2, -0.15) is 0 Å². The van der Waals surface area contributed by atoms with E-state index >= 15 is 0 Å². The minimum Gasteiger partial charge on any atom is -0.441 e. The summed E-state index contributed by atoms with van der Waals surface area (Å²) >= 11 is 0. The maximum absolute atomic E-state index is 5.86. The van der Waals surface area contributed by atoms with Crippen LogP contribution in [-0.4, -0.2) is 17.6 Å². The second kappa shape index (κ2) is 7.44. The molecule has 0 spiro atoms. The Morgan fingerprint density at radius 3 is 2.70 bits per heavy atom. The molecule has 0 aliphatic heterocycles. The lowest BCUT2D eigenvalue weighted by molar-refractivity contribution is 0.332. The van der Waals surface area contributed by atoms with Crippen LogP contribution in [0.25, 0.3) is 11.1 Å². The van der Waals surface area contributed by atoms with Gasteiger partial charge in [0.1, 0.15) is 5.52 Å². The molecule has 2 unspecified atom stereocenters. The van der Waals surface area contributed by atoms with Crippen LogP contribution in [0.15, 0.2) is 28.7 Å². The molecule has 2 aromatic rings. The van der Waals surface area contributed by atoms with E-state index in [1.165, 1.54) is 12.8 Å². The van der Waals surface area contributed by atoms with Crippen molar-refractivity contribution in [3.63, 3.8) is 0 Å². The van der Waals surface area contributed by atoms with Gasteiger partial charge in [-0.05, 0) is 37.4 Å². The molecule has 0 amide bonds. The SMILES string of the molecule is CCCNC(Cc1nc2ccccc2o1)C(C)CCC. The first kappa shape index (κ1) is 15.0. The zero-order valence-corrected chi connectivity index (χ0v) is 12.9. The molecule has 0 saturated heterocycles. The van der Waals surface area contributed by atoms with Gasteiger partial charge < -0.3 is 9.73 Å². The van der Waals surface area contributed by atoms with Crippen molar-refractivity contribution in [3.05, 3.63) is 30.2 Å². The van der Waals surface area contributed by atoms with Gasteiger partial charge in [0.25, 0.3) is 0 Å². The van der Waals surface area contributed by atoms with Crippen molar-refractivity contribution in [3.8, 4) is 0 Å². The summed E-state index contributed by atoms with van der Waals surface area (Å²) in [7, 11) is 0. The van der Waals surface area contributed by atoms with Crippen molar-refractivity contribution in [1.29, 1.82) is 0 Å². The average Bonchev–Trinajstić information content (AvgIpc) is 2.86. The van der Waals surface area contributed by atoms with Gasteiger partial charge in [-0.25, -0.2) is 4.98 Å². The van der Waals surface area contributed by atoms with Crippen LogP contribution in [0.2, 0.25) is 0 Å². The van der Waals surface area contributed by atoms with E-state index < -0.39 is 0 Å². The Kier molecular flexibility index (Phi) is 5.60. The molecule has 1 N–H and O–H groups in total. The fourth-order valence-corrected chi connectivity index (χ4v) is 2.66. The Labute approximate surface area is 121 Å². The van der Waals surface area contributed by atoms with E-state index in [2.05, 4.69) is 31.1 Å². The highest BCUT2D eigenvalue weighted by molar-refractivity contribution is 5.72. The number of para-hydroxylation sites is 2. The standard InChI is InChI=1S/C17H26N2O/c1-4-8-13(3)15(18-11-5-2)12-17-19-14-9-6-7-10-16(14)20-17/h6-7,9-10,13,15,18H,4-5,8,11-12H2,1-3H3.